The van der Waals surface area contributed by atoms with Crippen molar-refractivity contribution in [2.45, 2.75) is 6.92 Å². The lowest BCUT2D eigenvalue weighted by atomic mass is 10.3. The van der Waals surface area contributed by atoms with Crippen LogP contribution in [0.3, 0.4) is 0 Å². The predicted octanol–water partition coefficient (Wildman–Crippen LogP) is -0.329. The van der Waals surface area contributed by atoms with Crippen molar-refractivity contribution in [3.8, 4) is 0 Å². The largest absolute Gasteiger partial charge is 0.391 e. The van der Waals surface area contributed by atoms with Crippen molar-refractivity contribution >= 4 is 5.91 Å². The maximum Gasteiger partial charge on any atom is 0.248 e. The molecule has 0 aromatic rings. The molecule has 0 saturated carbocycles. The molecule has 3 nitrogen and oxygen atoms in total. The van der Waals surface area contributed by atoms with Crippen molar-refractivity contribution in [1.82, 2.24) is 5.32 Å². The van der Waals surface area contributed by atoms with E-state index in [1.807, 2.05) is 6.92 Å². The molecule has 0 aliphatic rings. The van der Waals surface area contributed by atoms with Crippen molar-refractivity contribution in [2.75, 3.05) is 13.2 Å². The Bertz CT molecular complexity index is 120. The SMILES string of the molecule is C=C(CO)C(=O)NCC. The Morgan fingerprint density at radius 2 is 2.33 bits per heavy atom. The molecule has 52 valence electrons. The molecule has 0 saturated heterocycles. The van der Waals surface area contributed by atoms with E-state index in [0.717, 1.165) is 0 Å². The van der Waals surface area contributed by atoms with Crippen LogP contribution in [0.25, 0.3) is 0 Å². The molecule has 0 fully saturated rings. The van der Waals surface area contributed by atoms with Crippen LogP contribution in [0, 0.1) is 0 Å². The molecule has 0 unspecified atom stereocenters. The minimum absolute atomic E-state index is 0.205. The quantitative estimate of drug-likeness (QED) is 0.513. The van der Waals surface area contributed by atoms with Gasteiger partial charge >= 0.3 is 0 Å². The van der Waals surface area contributed by atoms with Crippen LogP contribution in [0.2, 0.25) is 0 Å². The van der Waals surface area contributed by atoms with Gasteiger partial charge < -0.3 is 10.4 Å². The first-order valence-corrected chi connectivity index (χ1v) is 2.79. The summed E-state index contributed by atoms with van der Waals surface area (Å²) >= 11 is 0. The fraction of sp³-hybridized carbons (Fsp3) is 0.500. The first-order valence-electron chi connectivity index (χ1n) is 2.79. The number of rotatable bonds is 3. The zero-order valence-electron chi connectivity index (χ0n) is 5.48. The summed E-state index contributed by atoms with van der Waals surface area (Å²) in [5, 5.41) is 10.9. The van der Waals surface area contributed by atoms with Gasteiger partial charge in [-0.1, -0.05) is 6.58 Å². The average molecular weight is 129 g/mol. The van der Waals surface area contributed by atoms with Crippen LogP contribution in [-0.4, -0.2) is 24.2 Å². The van der Waals surface area contributed by atoms with Crippen LogP contribution in [0.5, 0.6) is 0 Å². The summed E-state index contributed by atoms with van der Waals surface area (Å²) in [6.07, 6.45) is 0. The Labute approximate surface area is 54.4 Å². The topological polar surface area (TPSA) is 49.3 Å². The third-order valence-corrected chi connectivity index (χ3v) is 0.849. The average Bonchev–Trinajstić information content (AvgIpc) is 1.87. The first kappa shape index (κ1) is 8.17. The maximum absolute atomic E-state index is 10.6. The van der Waals surface area contributed by atoms with Gasteiger partial charge in [-0.05, 0) is 6.92 Å². The van der Waals surface area contributed by atoms with Crippen molar-refractivity contribution in [2.24, 2.45) is 0 Å². The molecule has 0 radical (unpaired) electrons. The van der Waals surface area contributed by atoms with Crippen molar-refractivity contribution in [3.63, 3.8) is 0 Å². The number of aliphatic hydroxyl groups is 1. The van der Waals surface area contributed by atoms with Gasteiger partial charge in [-0.3, -0.25) is 4.79 Å². The lowest BCUT2D eigenvalue weighted by molar-refractivity contribution is -0.117. The molecular weight excluding hydrogens is 118 g/mol. The van der Waals surface area contributed by atoms with Crippen molar-refractivity contribution < 1.29 is 9.90 Å². The molecule has 0 rings (SSSR count). The predicted molar refractivity (Wildman–Crippen MR) is 34.9 cm³/mol. The Balaban J connectivity index is 3.60. The number of aliphatic hydroxyl groups excluding tert-OH is 1. The second kappa shape index (κ2) is 4.09. The van der Waals surface area contributed by atoms with E-state index in [0.29, 0.717) is 6.54 Å². The number of carbonyl (C=O) groups is 1. The normalized spacial score (nSPS) is 8.67. The number of hydrogen-bond acceptors (Lipinski definition) is 2. The monoisotopic (exact) mass is 129 g/mol. The molecule has 0 aromatic carbocycles. The van der Waals surface area contributed by atoms with E-state index in [1.54, 1.807) is 0 Å². The van der Waals surface area contributed by atoms with Gasteiger partial charge in [0.15, 0.2) is 0 Å². The third kappa shape index (κ3) is 2.87. The summed E-state index contributed by atoms with van der Waals surface area (Å²) in [4.78, 5) is 10.6. The van der Waals surface area contributed by atoms with Crippen LogP contribution < -0.4 is 5.32 Å². The summed E-state index contributed by atoms with van der Waals surface area (Å²) in [6, 6.07) is 0. The molecule has 3 heteroatoms. The number of nitrogens with one attached hydrogen (secondary N) is 1. The minimum Gasteiger partial charge on any atom is -0.391 e. The van der Waals surface area contributed by atoms with E-state index >= 15 is 0 Å². The summed E-state index contributed by atoms with van der Waals surface area (Å²) in [6.45, 7) is 5.43. The minimum atomic E-state index is -0.278. The molecule has 0 spiro atoms. The van der Waals surface area contributed by atoms with Crippen LogP contribution >= 0.6 is 0 Å². The number of likely N-dealkylation sites (N-methyl/N-ethyl adjacent to an activating group) is 1. The van der Waals surface area contributed by atoms with Gasteiger partial charge in [0, 0.05) is 12.1 Å². The number of hydrogen-bond donors (Lipinski definition) is 2. The highest BCUT2D eigenvalue weighted by Gasteiger charge is 2.00. The fourth-order valence-corrected chi connectivity index (χ4v) is 0.357. The maximum atomic E-state index is 10.6. The van der Waals surface area contributed by atoms with Gasteiger partial charge in [-0.15, -0.1) is 0 Å². The smallest absolute Gasteiger partial charge is 0.248 e. The summed E-state index contributed by atoms with van der Waals surface area (Å²) in [7, 11) is 0. The van der Waals surface area contributed by atoms with E-state index in [-0.39, 0.29) is 18.1 Å². The van der Waals surface area contributed by atoms with E-state index in [1.165, 1.54) is 0 Å². The highest BCUT2D eigenvalue weighted by atomic mass is 16.3. The number of carbonyl (C=O) groups excluding carboxylic acids is 1. The summed E-state index contributed by atoms with van der Waals surface area (Å²) in [5.41, 5.74) is 0.205. The van der Waals surface area contributed by atoms with Crippen molar-refractivity contribution in [3.05, 3.63) is 12.2 Å². The lowest BCUT2D eigenvalue weighted by Gasteiger charge is -1.99. The fourth-order valence-electron chi connectivity index (χ4n) is 0.357. The second-order valence-corrected chi connectivity index (χ2v) is 1.62. The summed E-state index contributed by atoms with van der Waals surface area (Å²) in [5.74, 6) is -0.278. The zero-order valence-corrected chi connectivity index (χ0v) is 5.48. The zero-order chi connectivity index (χ0) is 7.28. The third-order valence-electron chi connectivity index (χ3n) is 0.849. The molecule has 1 amide bonds. The van der Waals surface area contributed by atoms with Gasteiger partial charge in [0.05, 0.1) is 6.61 Å². The van der Waals surface area contributed by atoms with Crippen LogP contribution in [0.4, 0.5) is 0 Å². The van der Waals surface area contributed by atoms with Crippen molar-refractivity contribution in [1.29, 1.82) is 0 Å². The molecule has 0 bridgehead atoms. The molecule has 0 aliphatic heterocycles. The van der Waals surface area contributed by atoms with Crippen LogP contribution in [0.1, 0.15) is 6.92 Å². The second-order valence-electron chi connectivity index (χ2n) is 1.62. The lowest BCUT2D eigenvalue weighted by Crippen LogP contribution is -2.25. The Kier molecular flexibility index (Phi) is 3.71. The van der Waals surface area contributed by atoms with Gasteiger partial charge in [0.25, 0.3) is 0 Å². The Morgan fingerprint density at radius 3 is 2.67 bits per heavy atom. The van der Waals surface area contributed by atoms with Gasteiger partial charge in [-0.2, -0.15) is 0 Å². The molecule has 2 N–H and O–H groups in total. The van der Waals surface area contributed by atoms with E-state index in [9.17, 15) is 4.79 Å². The van der Waals surface area contributed by atoms with Crippen LogP contribution in [-0.2, 0) is 4.79 Å². The molecule has 0 aliphatic carbocycles. The Morgan fingerprint density at radius 1 is 1.78 bits per heavy atom. The number of amides is 1. The standard InChI is InChI=1S/C6H11NO2/c1-3-7-6(9)5(2)4-8/h8H,2-4H2,1H3,(H,7,9). The molecule has 0 aromatic heterocycles. The van der Waals surface area contributed by atoms with Crippen LogP contribution in [0.15, 0.2) is 12.2 Å². The molecule has 9 heavy (non-hydrogen) atoms. The van der Waals surface area contributed by atoms with E-state index in [4.69, 9.17) is 5.11 Å². The molecular formula is C6H11NO2. The van der Waals surface area contributed by atoms with E-state index in [2.05, 4.69) is 11.9 Å². The molecule has 0 atom stereocenters. The first-order chi connectivity index (χ1) is 4.22. The van der Waals surface area contributed by atoms with Gasteiger partial charge in [0.2, 0.25) is 5.91 Å². The Hall–Kier alpha value is -0.830. The molecule has 0 heterocycles. The highest BCUT2D eigenvalue weighted by molar-refractivity contribution is 5.92. The van der Waals surface area contributed by atoms with Gasteiger partial charge in [0.1, 0.15) is 0 Å². The summed E-state index contributed by atoms with van der Waals surface area (Å²) < 4.78 is 0. The highest BCUT2D eigenvalue weighted by Crippen LogP contribution is 1.84. The van der Waals surface area contributed by atoms with E-state index < -0.39 is 0 Å². The van der Waals surface area contributed by atoms with Gasteiger partial charge in [-0.25, -0.2) is 0 Å².